The summed E-state index contributed by atoms with van der Waals surface area (Å²) < 4.78 is 0. The van der Waals surface area contributed by atoms with Crippen molar-refractivity contribution >= 4 is 49.0 Å². The molecule has 0 bridgehead atoms. The first kappa shape index (κ1) is 35.0. The lowest BCUT2D eigenvalue weighted by Crippen LogP contribution is -2.26. The molecular formula is C58H48. The number of hydrogen-bond acceptors (Lipinski definition) is 0. The highest BCUT2D eigenvalue weighted by Crippen LogP contribution is 2.58. The van der Waals surface area contributed by atoms with E-state index < -0.39 is 0 Å². The first-order valence-corrected chi connectivity index (χ1v) is 21.3. The fourth-order valence-corrected chi connectivity index (χ4v) is 11.1. The van der Waals surface area contributed by atoms with Gasteiger partial charge in [0.1, 0.15) is 0 Å². The predicted molar refractivity (Wildman–Crippen MR) is 250 cm³/mol. The third-order valence-corrected chi connectivity index (χ3v) is 14.1. The van der Waals surface area contributed by atoms with Gasteiger partial charge in [0.2, 0.25) is 0 Å². The Morgan fingerprint density at radius 3 is 1.90 bits per heavy atom. The Morgan fingerprint density at radius 2 is 1.17 bits per heavy atom. The highest BCUT2D eigenvalue weighted by molar-refractivity contribution is 6.26. The fourth-order valence-electron chi connectivity index (χ4n) is 11.1. The monoisotopic (exact) mass is 744 g/mol. The quantitative estimate of drug-likeness (QED) is 0.154. The normalized spacial score (nSPS) is 20.2. The van der Waals surface area contributed by atoms with E-state index in [9.17, 15) is 0 Å². The molecule has 58 heavy (non-hydrogen) atoms. The van der Waals surface area contributed by atoms with Crippen LogP contribution in [0.4, 0.5) is 0 Å². The Kier molecular flexibility index (Phi) is 8.26. The largest absolute Gasteiger partial charge is 0.0839 e. The maximum atomic E-state index is 2.48. The minimum Gasteiger partial charge on any atom is -0.0839 e. The standard InChI is InChI=1S/C58H48/c1-37-14-4-6-20-46(37)48-24-12-23-47(38(48)2)43-18-10-16-39(32-43)41-27-29-52-50-21-7-8-22-51(50)53-30-28-42(35-55(53)54(52)34-41)40-17-11-19-44(33-40)49-25-13-31-58(3)56-26-9-5-15-45(56)36-57(49)58/h4-8,10-11,13-23,25,27-35,57H,9,12,24,26,36H2,1-3H3. The summed E-state index contributed by atoms with van der Waals surface area (Å²) in [5.74, 6) is 0.480. The molecule has 0 fully saturated rings. The summed E-state index contributed by atoms with van der Waals surface area (Å²) in [5.41, 5.74) is 19.4. The van der Waals surface area contributed by atoms with Gasteiger partial charge in [0, 0.05) is 11.3 Å². The predicted octanol–water partition coefficient (Wildman–Crippen LogP) is 16.1. The summed E-state index contributed by atoms with van der Waals surface area (Å²) in [6.45, 7) is 7.03. The zero-order chi connectivity index (χ0) is 39.0. The molecule has 0 heterocycles. The molecule has 7 aromatic carbocycles. The van der Waals surface area contributed by atoms with Crippen LogP contribution < -0.4 is 0 Å². The second kappa shape index (κ2) is 13.7. The van der Waals surface area contributed by atoms with E-state index in [-0.39, 0.29) is 5.41 Å². The third kappa shape index (κ3) is 5.57. The van der Waals surface area contributed by atoms with Crippen molar-refractivity contribution in [2.45, 2.75) is 52.9 Å². The van der Waals surface area contributed by atoms with Gasteiger partial charge in [-0.2, -0.15) is 0 Å². The molecule has 0 nitrogen and oxygen atoms in total. The lowest BCUT2D eigenvalue weighted by molar-refractivity contribution is 0.402. The van der Waals surface area contributed by atoms with Gasteiger partial charge in [0.25, 0.3) is 0 Å². The molecule has 2 unspecified atom stereocenters. The van der Waals surface area contributed by atoms with E-state index in [2.05, 4.69) is 191 Å². The Morgan fingerprint density at radius 1 is 0.552 bits per heavy atom. The van der Waals surface area contributed by atoms with Crippen molar-refractivity contribution in [1.82, 2.24) is 0 Å². The molecule has 0 amide bonds. The third-order valence-electron chi connectivity index (χ3n) is 14.1. The van der Waals surface area contributed by atoms with E-state index >= 15 is 0 Å². The van der Waals surface area contributed by atoms with Gasteiger partial charge in [-0.3, -0.25) is 0 Å². The number of allylic oxidation sites excluding steroid dienone is 12. The van der Waals surface area contributed by atoms with Crippen LogP contribution in [-0.4, -0.2) is 0 Å². The fraction of sp³-hybridized carbons (Fsp3) is 0.172. The van der Waals surface area contributed by atoms with E-state index in [1.54, 1.807) is 11.1 Å². The van der Waals surface area contributed by atoms with Crippen molar-refractivity contribution < 1.29 is 0 Å². The molecule has 0 saturated carbocycles. The van der Waals surface area contributed by atoms with Crippen LogP contribution in [0.2, 0.25) is 0 Å². The van der Waals surface area contributed by atoms with Crippen LogP contribution in [0.5, 0.6) is 0 Å². The van der Waals surface area contributed by atoms with E-state index in [0.717, 1.165) is 25.7 Å². The molecular weight excluding hydrogens is 697 g/mol. The Labute approximate surface area is 343 Å². The zero-order valence-electron chi connectivity index (χ0n) is 33.8. The summed E-state index contributed by atoms with van der Waals surface area (Å²) in [5, 5.41) is 7.82. The van der Waals surface area contributed by atoms with Crippen molar-refractivity contribution in [3.63, 3.8) is 0 Å². The number of hydrogen-bond donors (Lipinski definition) is 0. The van der Waals surface area contributed by atoms with Crippen LogP contribution in [-0.2, 0) is 0 Å². The van der Waals surface area contributed by atoms with E-state index in [0.29, 0.717) is 5.92 Å². The molecule has 0 saturated heterocycles. The number of benzene rings is 7. The topological polar surface area (TPSA) is 0 Å². The molecule has 0 radical (unpaired) electrons. The molecule has 7 aromatic rings. The van der Waals surface area contributed by atoms with Crippen LogP contribution in [0.3, 0.4) is 0 Å². The van der Waals surface area contributed by atoms with Crippen LogP contribution in [0.15, 0.2) is 187 Å². The average molecular weight is 745 g/mol. The van der Waals surface area contributed by atoms with E-state index in [1.165, 1.54) is 106 Å². The van der Waals surface area contributed by atoms with Gasteiger partial charge in [0.15, 0.2) is 0 Å². The minimum atomic E-state index is 0.105. The Bertz CT molecular complexity index is 3060. The van der Waals surface area contributed by atoms with Crippen molar-refractivity contribution in [3.8, 4) is 22.3 Å². The van der Waals surface area contributed by atoms with Gasteiger partial charge in [-0.1, -0.05) is 158 Å². The second-order valence-electron chi connectivity index (χ2n) is 17.3. The average Bonchev–Trinajstić information content (AvgIpc) is 3.59. The molecule has 4 aliphatic rings. The molecule has 4 aliphatic carbocycles. The van der Waals surface area contributed by atoms with Crippen LogP contribution in [0.25, 0.3) is 71.3 Å². The summed E-state index contributed by atoms with van der Waals surface area (Å²) in [6, 6.07) is 50.6. The molecule has 0 heteroatoms. The number of aryl methyl sites for hydroxylation is 1. The molecule has 11 rings (SSSR count). The van der Waals surface area contributed by atoms with E-state index in [1.807, 2.05) is 0 Å². The summed E-state index contributed by atoms with van der Waals surface area (Å²) in [6.07, 6.45) is 20.0. The minimum absolute atomic E-state index is 0.105. The summed E-state index contributed by atoms with van der Waals surface area (Å²) in [7, 11) is 0. The van der Waals surface area contributed by atoms with Crippen molar-refractivity contribution in [3.05, 3.63) is 209 Å². The maximum absolute atomic E-state index is 2.48. The number of fused-ring (bicyclic) bond motifs is 8. The lowest BCUT2D eigenvalue weighted by Gasteiger charge is -2.36. The van der Waals surface area contributed by atoms with Crippen molar-refractivity contribution in [2.24, 2.45) is 11.3 Å². The molecule has 0 aliphatic heterocycles. The van der Waals surface area contributed by atoms with Crippen molar-refractivity contribution in [1.29, 1.82) is 0 Å². The first-order chi connectivity index (χ1) is 28.4. The number of rotatable bonds is 5. The van der Waals surface area contributed by atoms with E-state index in [4.69, 9.17) is 0 Å². The van der Waals surface area contributed by atoms with Gasteiger partial charge >= 0.3 is 0 Å². The SMILES string of the molecule is CC1=C(c2ccccc2C)CCC=C1c1cccc(-c2ccc3c4ccccc4c4ccc(-c5cccc(C6=CC=CC7(C)C8=C(C=CCC8)CC67)c5)cc4c3c2)c1. The van der Waals surface area contributed by atoms with Gasteiger partial charge in [-0.15, -0.1) is 0 Å². The van der Waals surface area contributed by atoms with Crippen LogP contribution in [0, 0.1) is 18.3 Å². The Balaban J connectivity index is 1.00. The summed E-state index contributed by atoms with van der Waals surface area (Å²) in [4.78, 5) is 0. The molecule has 0 aromatic heterocycles. The molecule has 0 spiro atoms. The van der Waals surface area contributed by atoms with Gasteiger partial charge in [-0.25, -0.2) is 0 Å². The highest BCUT2D eigenvalue weighted by atomic mass is 14.5. The first-order valence-electron chi connectivity index (χ1n) is 21.3. The van der Waals surface area contributed by atoms with Gasteiger partial charge in [0.05, 0.1) is 0 Å². The zero-order valence-corrected chi connectivity index (χ0v) is 33.8. The lowest BCUT2D eigenvalue weighted by atomic mass is 9.67. The van der Waals surface area contributed by atoms with Crippen LogP contribution >= 0.6 is 0 Å². The molecule has 0 N–H and O–H groups in total. The van der Waals surface area contributed by atoms with Gasteiger partial charge < -0.3 is 0 Å². The second-order valence-corrected chi connectivity index (χ2v) is 17.3. The highest BCUT2D eigenvalue weighted by Gasteiger charge is 2.45. The molecule has 280 valence electrons. The van der Waals surface area contributed by atoms with Gasteiger partial charge in [-0.05, 0) is 175 Å². The molecule has 2 atom stereocenters. The summed E-state index contributed by atoms with van der Waals surface area (Å²) >= 11 is 0. The smallest absolute Gasteiger partial charge is 0.0143 e. The van der Waals surface area contributed by atoms with Crippen molar-refractivity contribution in [2.75, 3.05) is 0 Å². The maximum Gasteiger partial charge on any atom is 0.0143 e. The van der Waals surface area contributed by atoms with Crippen LogP contribution in [0.1, 0.15) is 68.2 Å². The Hall–Kier alpha value is -6.24.